The number of halogens is 1. The van der Waals surface area contributed by atoms with Crippen LogP contribution in [0.25, 0.3) is 0 Å². The van der Waals surface area contributed by atoms with Crippen LogP contribution in [0.1, 0.15) is 39.5 Å². The summed E-state index contributed by atoms with van der Waals surface area (Å²) >= 11 is 0. The van der Waals surface area contributed by atoms with Crippen LogP contribution in [0, 0.1) is 5.92 Å². The maximum Gasteiger partial charge on any atom is -0.00747 e. The molecule has 0 bridgehead atoms. The minimum absolute atomic E-state index is 0. The summed E-state index contributed by atoms with van der Waals surface area (Å²) in [6.45, 7) is 5.36. The lowest BCUT2D eigenvalue weighted by Crippen LogP contribution is -2.05. The van der Waals surface area contributed by atoms with E-state index in [2.05, 4.69) is 13.8 Å². The van der Waals surface area contributed by atoms with Gasteiger partial charge in [0.2, 0.25) is 0 Å². The number of rotatable bonds is 5. The van der Waals surface area contributed by atoms with Gasteiger partial charge in [0.1, 0.15) is 0 Å². The van der Waals surface area contributed by atoms with Crippen LogP contribution in [-0.2, 0) is 0 Å². The zero-order chi connectivity index (χ0) is 7.11. The molecule has 0 amide bonds. The quantitative estimate of drug-likeness (QED) is 0.666. The highest BCUT2D eigenvalue weighted by Gasteiger charge is 1.97. The van der Waals surface area contributed by atoms with Gasteiger partial charge in [-0.25, -0.2) is 0 Å². The molecule has 1 atom stereocenters. The molecule has 0 radical (unpaired) electrons. The maximum atomic E-state index is 5.40. The molecule has 0 aliphatic heterocycles. The predicted octanol–water partition coefficient (Wildman–Crippen LogP) is 2.58. The second-order valence-electron chi connectivity index (χ2n) is 2.82. The molecule has 0 aromatic rings. The first-order valence-corrected chi connectivity index (χ1v) is 4.01. The van der Waals surface area contributed by atoms with E-state index in [1.807, 2.05) is 0 Å². The van der Waals surface area contributed by atoms with Crippen LogP contribution >= 0.6 is 12.4 Å². The number of hydrogen-bond acceptors (Lipinski definition) is 1. The van der Waals surface area contributed by atoms with Crippen LogP contribution in [0.15, 0.2) is 0 Å². The second-order valence-corrected chi connectivity index (χ2v) is 2.82. The van der Waals surface area contributed by atoms with Crippen LogP contribution in [0.4, 0.5) is 0 Å². The monoisotopic (exact) mass is 165 g/mol. The normalized spacial score (nSPS) is 12.3. The molecule has 0 heterocycles. The van der Waals surface area contributed by atoms with Crippen LogP contribution in [0.3, 0.4) is 0 Å². The summed E-state index contributed by atoms with van der Waals surface area (Å²) in [6.07, 6.45) is 5.23. The van der Waals surface area contributed by atoms with Crippen molar-refractivity contribution in [1.82, 2.24) is 0 Å². The zero-order valence-electron chi connectivity index (χ0n) is 7.10. The van der Waals surface area contributed by atoms with Gasteiger partial charge in [-0.3, -0.25) is 0 Å². The van der Waals surface area contributed by atoms with Gasteiger partial charge in [-0.05, 0) is 18.9 Å². The van der Waals surface area contributed by atoms with Crippen LogP contribution in [-0.4, -0.2) is 6.54 Å². The van der Waals surface area contributed by atoms with Gasteiger partial charge < -0.3 is 5.73 Å². The Hall–Kier alpha value is 0.250. The molecule has 0 aliphatic rings. The molecule has 0 spiro atoms. The lowest BCUT2D eigenvalue weighted by Gasteiger charge is -2.06. The van der Waals surface area contributed by atoms with Gasteiger partial charge in [-0.15, -0.1) is 12.4 Å². The topological polar surface area (TPSA) is 26.0 Å². The number of nitrogens with two attached hydrogens (primary N) is 1. The third kappa shape index (κ3) is 8.25. The van der Waals surface area contributed by atoms with Crippen molar-refractivity contribution in [2.24, 2.45) is 11.7 Å². The number of unbranched alkanes of at least 4 members (excludes halogenated alkanes) is 1. The summed E-state index contributed by atoms with van der Waals surface area (Å²) in [7, 11) is 0. The predicted molar refractivity (Wildman–Crippen MR) is 49.6 cm³/mol. The van der Waals surface area contributed by atoms with E-state index >= 15 is 0 Å². The molecule has 0 aromatic carbocycles. The van der Waals surface area contributed by atoms with E-state index in [0.29, 0.717) is 0 Å². The highest BCUT2D eigenvalue weighted by Crippen LogP contribution is 2.09. The van der Waals surface area contributed by atoms with Crippen molar-refractivity contribution in [2.75, 3.05) is 6.54 Å². The van der Waals surface area contributed by atoms with Gasteiger partial charge in [0.15, 0.2) is 0 Å². The van der Waals surface area contributed by atoms with Gasteiger partial charge in [-0.2, -0.15) is 0 Å². The van der Waals surface area contributed by atoms with Gasteiger partial charge >= 0.3 is 0 Å². The molecule has 0 saturated heterocycles. The third-order valence-corrected chi connectivity index (χ3v) is 1.71. The molecule has 0 fully saturated rings. The summed E-state index contributed by atoms with van der Waals surface area (Å²) in [4.78, 5) is 0. The largest absolute Gasteiger partial charge is 0.330 e. The van der Waals surface area contributed by atoms with Crippen LogP contribution in [0.2, 0.25) is 0 Å². The minimum Gasteiger partial charge on any atom is -0.330 e. The highest BCUT2D eigenvalue weighted by atomic mass is 35.5. The average Bonchev–Trinajstić information content (AvgIpc) is 1.85. The van der Waals surface area contributed by atoms with E-state index in [1.165, 1.54) is 25.7 Å². The van der Waals surface area contributed by atoms with Gasteiger partial charge in [0.25, 0.3) is 0 Å². The fourth-order valence-electron chi connectivity index (χ4n) is 0.981. The Kier molecular flexibility index (Phi) is 11.9. The van der Waals surface area contributed by atoms with Crippen LogP contribution in [0.5, 0.6) is 0 Å². The first kappa shape index (κ1) is 12.9. The average molecular weight is 166 g/mol. The zero-order valence-corrected chi connectivity index (χ0v) is 7.91. The smallest absolute Gasteiger partial charge is 0.00747 e. The van der Waals surface area contributed by atoms with Crippen molar-refractivity contribution in [3.63, 3.8) is 0 Å². The molecule has 0 aromatic heterocycles. The molecule has 1 nitrogen and oxygen atoms in total. The standard InChI is InChI=1S/C8H19N.ClH/c1-3-4-5-8(2)6-7-9;/h8H,3-7,9H2,1-2H3;1H. The molecule has 2 heteroatoms. The third-order valence-electron chi connectivity index (χ3n) is 1.71. The molecule has 10 heavy (non-hydrogen) atoms. The summed E-state index contributed by atoms with van der Waals surface area (Å²) in [6, 6.07) is 0. The lowest BCUT2D eigenvalue weighted by molar-refractivity contribution is 0.478. The first-order chi connectivity index (χ1) is 4.31. The lowest BCUT2D eigenvalue weighted by atomic mass is 10.0. The molecular formula is C8H20ClN. The first-order valence-electron chi connectivity index (χ1n) is 4.01. The van der Waals surface area contributed by atoms with E-state index < -0.39 is 0 Å². The molecule has 2 N–H and O–H groups in total. The molecule has 0 aliphatic carbocycles. The summed E-state index contributed by atoms with van der Waals surface area (Å²) in [5.74, 6) is 0.843. The summed E-state index contributed by atoms with van der Waals surface area (Å²) in [5.41, 5.74) is 5.40. The minimum atomic E-state index is 0. The van der Waals surface area contributed by atoms with Crippen molar-refractivity contribution in [2.45, 2.75) is 39.5 Å². The highest BCUT2D eigenvalue weighted by molar-refractivity contribution is 5.85. The van der Waals surface area contributed by atoms with Gasteiger partial charge in [0.05, 0.1) is 0 Å². The Labute approximate surface area is 70.8 Å². The van der Waals surface area contributed by atoms with Gasteiger partial charge in [-0.1, -0.05) is 33.1 Å². The summed E-state index contributed by atoms with van der Waals surface area (Å²) in [5, 5.41) is 0. The van der Waals surface area contributed by atoms with Crippen molar-refractivity contribution in [1.29, 1.82) is 0 Å². The van der Waals surface area contributed by atoms with E-state index in [4.69, 9.17) is 5.73 Å². The van der Waals surface area contributed by atoms with Crippen LogP contribution < -0.4 is 5.73 Å². The van der Waals surface area contributed by atoms with E-state index in [1.54, 1.807) is 0 Å². The van der Waals surface area contributed by atoms with E-state index in [-0.39, 0.29) is 12.4 Å². The SMILES string of the molecule is CCCCC(C)CCN.Cl. The summed E-state index contributed by atoms with van der Waals surface area (Å²) < 4.78 is 0. The fourth-order valence-corrected chi connectivity index (χ4v) is 0.981. The van der Waals surface area contributed by atoms with Crippen molar-refractivity contribution >= 4 is 12.4 Å². The molecular weight excluding hydrogens is 146 g/mol. The van der Waals surface area contributed by atoms with E-state index in [9.17, 15) is 0 Å². The molecule has 1 unspecified atom stereocenters. The van der Waals surface area contributed by atoms with E-state index in [0.717, 1.165) is 12.5 Å². The van der Waals surface area contributed by atoms with Crippen molar-refractivity contribution in [3.05, 3.63) is 0 Å². The maximum absolute atomic E-state index is 5.40. The number of hydrogen-bond donors (Lipinski definition) is 1. The van der Waals surface area contributed by atoms with Crippen molar-refractivity contribution < 1.29 is 0 Å². The second kappa shape index (κ2) is 9.25. The molecule has 0 saturated carbocycles. The Bertz CT molecular complexity index is 57.2. The molecule has 64 valence electrons. The Balaban J connectivity index is 0. The Morgan fingerprint density at radius 2 is 1.90 bits per heavy atom. The van der Waals surface area contributed by atoms with Gasteiger partial charge in [0, 0.05) is 0 Å². The Morgan fingerprint density at radius 1 is 1.30 bits per heavy atom. The fraction of sp³-hybridized carbons (Fsp3) is 1.00. The molecule has 0 rings (SSSR count). The Morgan fingerprint density at radius 3 is 2.30 bits per heavy atom. The van der Waals surface area contributed by atoms with Crippen molar-refractivity contribution in [3.8, 4) is 0 Å².